The van der Waals surface area contributed by atoms with Crippen molar-refractivity contribution in [3.05, 3.63) is 23.2 Å². The topological polar surface area (TPSA) is 57.5 Å². The van der Waals surface area contributed by atoms with Crippen molar-refractivity contribution in [1.82, 2.24) is 0 Å². The molecule has 2 N–H and O–H groups in total. The highest BCUT2D eigenvalue weighted by molar-refractivity contribution is 6.53. The average Bonchev–Trinajstić information content (AvgIpc) is 2.04. The van der Waals surface area contributed by atoms with E-state index in [0.29, 0.717) is 17.3 Å². The molecule has 0 fully saturated rings. The summed E-state index contributed by atoms with van der Waals surface area (Å²) in [5.74, 6) is 0. The highest BCUT2D eigenvalue weighted by Gasteiger charge is 2.19. The third-order valence-electron chi connectivity index (χ3n) is 1.63. The second-order valence-corrected chi connectivity index (χ2v) is 2.39. The van der Waals surface area contributed by atoms with Crippen molar-refractivity contribution in [3.63, 3.8) is 0 Å². The zero-order valence-electron chi connectivity index (χ0n) is 6.03. The molecule has 0 aromatic heterocycles. The van der Waals surface area contributed by atoms with Crippen LogP contribution in [0.15, 0.2) is 23.2 Å². The lowest BCUT2D eigenvalue weighted by atomic mass is 9.72. The molecular formula is C7H9BO3. The summed E-state index contributed by atoms with van der Waals surface area (Å²) in [6.07, 6.45) is 5.59. The lowest BCUT2D eigenvalue weighted by Crippen LogP contribution is -2.19. The van der Waals surface area contributed by atoms with Gasteiger partial charge in [-0.3, -0.25) is 4.79 Å². The fourth-order valence-corrected chi connectivity index (χ4v) is 1.08. The molecule has 0 aromatic rings. The molecule has 11 heavy (non-hydrogen) atoms. The Morgan fingerprint density at radius 1 is 1.36 bits per heavy atom. The Morgan fingerprint density at radius 2 is 2.00 bits per heavy atom. The summed E-state index contributed by atoms with van der Waals surface area (Å²) < 4.78 is 0. The van der Waals surface area contributed by atoms with Crippen LogP contribution in [-0.4, -0.2) is 23.5 Å². The van der Waals surface area contributed by atoms with Crippen molar-refractivity contribution < 1.29 is 14.8 Å². The van der Waals surface area contributed by atoms with Crippen molar-refractivity contribution in [1.29, 1.82) is 0 Å². The number of carbonyl (C=O) groups excluding carboxylic acids is 1. The van der Waals surface area contributed by atoms with Crippen molar-refractivity contribution in [2.75, 3.05) is 0 Å². The van der Waals surface area contributed by atoms with Gasteiger partial charge in [-0.1, -0.05) is 12.2 Å². The number of hydrogen-bond acceptors (Lipinski definition) is 3. The van der Waals surface area contributed by atoms with Crippen LogP contribution in [0.3, 0.4) is 0 Å². The second kappa shape index (κ2) is 3.50. The van der Waals surface area contributed by atoms with Crippen molar-refractivity contribution in [2.24, 2.45) is 0 Å². The summed E-state index contributed by atoms with van der Waals surface area (Å²) in [5, 5.41) is 17.5. The molecule has 1 aliphatic rings. The zero-order valence-corrected chi connectivity index (χ0v) is 6.03. The summed E-state index contributed by atoms with van der Waals surface area (Å²) in [6, 6.07) is 0. The Balaban J connectivity index is 2.83. The van der Waals surface area contributed by atoms with Gasteiger partial charge in [-0.05, 0) is 18.3 Å². The van der Waals surface area contributed by atoms with E-state index in [2.05, 4.69) is 0 Å². The molecule has 0 heterocycles. The van der Waals surface area contributed by atoms with Crippen LogP contribution in [-0.2, 0) is 4.79 Å². The fraction of sp³-hybridized carbons (Fsp3) is 0.286. The minimum absolute atomic E-state index is 0.325. The van der Waals surface area contributed by atoms with Crippen LogP contribution in [0, 0.1) is 0 Å². The molecule has 0 spiro atoms. The van der Waals surface area contributed by atoms with Crippen molar-refractivity contribution in [3.8, 4) is 0 Å². The van der Waals surface area contributed by atoms with E-state index in [1.807, 2.05) is 0 Å². The lowest BCUT2D eigenvalue weighted by molar-refractivity contribution is -0.104. The van der Waals surface area contributed by atoms with Gasteiger partial charge in [0.05, 0.1) is 0 Å². The Kier molecular flexibility index (Phi) is 2.62. The molecule has 0 aromatic carbocycles. The first-order valence-corrected chi connectivity index (χ1v) is 3.47. The first kappa shape index (κ1) is 8.23. The molecule has 0 aliphatic heterocycles. The highest BCUT2D eigenvalue weighted by atomic mass is 16.4. The fourth-order valence-electron chi connectivity index (χ4n) is 1.08. The Bertz CT molecular complexity index is 218. The van der Waals surface area contributed by atoms with E-state index in [1.165, 1.54) is 0 Å². The number of hydrogen-bond donors (Lipinski definition) is 2. The predicted molar refractivity (Wildman–Crippen MR) is 41.7 cm³/mol. The Labute approximate surface area is 65.2 Å². The van der Waals surface area contributed by atoms with Gasteiger partial charge in [0.25, 0.3) is 0 Å². The van der Waals surface area contributed by atoms with Crippen LogP contribution in [0.4, 0.5) is 0 Å². The maximum atomic E-state index is 10.3. The Hall–Kier alpha value is -0.865. The predicted octanol–water partition coefficient (Wildman–Crippen LogP) is -0.156. The van der Waals surface area contributed by atoms with E-state index >= 15 is 0 Å². The van der Waals surface area contributed by atoms with E-state index < -0.39 is 7.12 Å². The summed E-state index contributed by atoms with van der Waals surface area (Å²) in [4.78, 5) is 10.3. The molecule has 4 heteroatoms. The third-order valence-corrected chi connectivity index (χ3v) is 1.63. The molecule has 1 rings (SSSR count). The van der Waals surface area contributed by atoms with Crippen LogP contribution in [0.25, 0.3) is 0 Å². The maximum absolute atomic E-state index is 10.3. The number of allylic oxidation sites excluding steroid dienone is 4. The monoisotopic (exact) mass is 152 g/mol. The normalized spacial score (nSPS) is 16.9. The van der Waals surface area contributed by atoms with Gasteiger partial charge in [-0.2, -0.15) is 0 Å². The number of aldehydes is 1. The smallest absolute Gasteiger partial charge is 0.423 e. The molecule has 0 saturated heterocycles. The van der Waals surface area contributed by atoms with Gasteiger partial charge in [0.15, 0.2) is 0 Å². The molecule has 0 amide bonds. The SMILES string of the molecule is O=CC1=CCCC=C1B(O)O. The lowest BCUT2D eigenvalue weighted by Gasteiger charge is -2.09. The molecule has 1 aliphatic carbocycles. The van der Waals surface area contributed by atoms with Crippen molar-refractivity contribution in [2.45, 2.75) is 12.8 Å². The van der Waals surface area contributed by atoms with Gasteiger partial charge in [-0.25, -0.2) is 0 Å². The summed E-state index contributed by atoms with van der Waals surface area (Å²) in [6.45, 7) is 0. The van der Waals surface area contributed by atoms with Gasteiger partial charge in [0.1, 0.15) is 6.29 Å². The molecule has 0 bridgehead atoms. The highest BCUT2D eigenvalue weighted by Crippen LogP contribution is 2.17. The van der Waals surface area contributed by atoms with E-state index in [9.17, 15) is 4.79 Å². The molecule has 58 valence electrons. The van der Waals surface area contributed by atoms with Gasteiger partial charge in [-0.15, -0.1) is 0 Å². The minimum atomic E-state index is -1.52. The Morgan fingerprint density at radius 3 is 2.45 bits per heavy atom. The van der Waals surface area contributed by atoms with E-state index in [0.717, 1.165) is 12.8 Å². The van der Waals surface area contributed by atoms with Gasteiger partial charge in [0, 0.05) is 5.57 Å². The second-order valence-electron chi connectivity index (χ2n) is 2.39. The molecule has 3 nitrogen and oxygen atoms in total. The van der Waals surface area contributed by atoms with E-state index in [1.54, 1.807) is 12.2 Å². The molecular weight excluding hydrogens is 143 g/mol. The standard InChI is InChI=1S/C7H9BO3/c9-5-6-3-1-2-4-7(6)8(10)11/h3-5,10-11H,1-2H2. The zero-order chi connectivity index (χ0) is 8.27. The largest absolute Gasteiger partial charge is 0.488 e. The molecule has 0 unspecified atom stereocenters. The van der Waals surface area contributed by atoms with Crippen LogP contribution in [0.5, 0.6) is 0 Å². The average molecular weight is 152 g/mol. The van der Waals surface area contributed by atoms with E-state index in [4.69, 9.17) is 10.0 Å². The quantitative estimate of drug-likeness (QED) is 0.427. The molecule has 0 atom stereocenters. The summed E-state index contributed by atoms with van der Waals surface area (Å²) in [7, 11) is -1.52. The summed E-state index contributed by atoms with van der Waals surface area (Å²) >= 11 is 0. The molecule has 0 saturated carbocycles. The molecule has 0 radical (unpaired) electrons. The minimum Gasteiger partial charge on any atom is -0.423 e. The van der Waals surface area contributed by atoms with Crippen LogP contribution < -0.4 is 0 Å². The summed E-state index contributed by atoms with van der Waals surface area (Å²) in [5.41, 5.74) is 0.720. The first-order valence-electron chi connectivity index (χ1n) is 3.47. The van der Waals surface area contributed by atoms with Crippen LogP contribution in [0.2, 0.25) is 0 Å². The van der Waals surface area contributed by atoms with Crippen LogP contribution >= 0.6 is 0 Å². The maximum Gasteiger partial charge on any atom is 0.488 e. The number of carbonyl (C=O) groups is 1. The number of rotatable bonds is 2. The van der Waals surface area contributed by atoms with Crippen LogP contribution in [0.1, 0.15) is 12.8 Å². The van der Waals surface area contributed by atoms with Gasteiger partial charge in [0.2, 0.25) is 0 Å². The van der Waals surface area contributed by atoms with Gasteiger partial charge >= 0.3 is 7.12 Å². The van der Waals surface area contributed by atoms with Crippen molar-refractivity contribution >= 4 is 13.4 Å². The van der Waals surface area contributed by atoms with Gasteiger partial charge < -0.3 is 10.0 Å². The first-order chi connectivity index (χ1) is 5.25. The third kappa shape index (κ3) is 1.79. The van der Waals surface area contributed by atoms with E-state index in [-0.39, 0.29) is 0 Å².